The zero-order valence-electron chi connectivity index (χ0n) is 45.3. The van der Waals surface area contributed by atoms with E-state index in [0.717, 1.165) is 135 Å². The predicted octanol–water partition coefficient (Wildman–Crippen LogP) is 14.6. The van der Waals surface area contributed by atoms with E-state index in [1.54, 1.807) is 0 Å². The predicted molar refractivity (Wildman–Crippen MR) is 296 cm³/mol. The number of unbranched alkanes of at least 4 members (excludes halogenated alkanes) is 11. The van der Waals surface area contributed by atoms with Gasteiger partial charge in [-0.25, -0.2) is 0 Å². The molecule has 0 N–H and O–H groups in total. The molecule has 0 amide bonds. The van der Waals surface area contributed by atoms with Gasteiger partial charge in [-0.3, -0.25) is 9.59 Å². The van der Waals surface area contributed by atoms with Crippen LogP contribution in [0.15, 0.2) is 134 Å². The molecule has 0 spiro atoms. The van der Waals surface area contributed by atoms with Crippen LogP contribution >= 0.6 is 0 Å². The van der Waals surface area contributed by atoms with E-state index < -0.39 is 24.3 Å². The Morgan fingerprint density at radius 1 is 0.437 bits per heavy atom. The number of carboxylic acids is 1. The first-order valence-corrected chi connectivity index (χ1v) is 27.3. The Balaban J connectivity index is 4.32. The summed E-state index contributed by atoms with van der Waals surface area (Å²) in [5, 5.41) is 11.7. The highest BCUT2D eigenvalue weighted by atomic mass is 16.7. The molecule has 0 fully saturated rings. The number of rotatable bonds is 48. The Bertz CT molecular complexity index is 1620. The van der Waals surface area contributed by atoms with E-state index in [9.17, 15) is 19.5 Å². The Hall–Kier alpha value is -4.57. The lowest BCUT2D eigenvalue weighted by atomic mass is 10.1. The van der Waals surface area contributed by atoms with Gasteiger partial charge in [0.25, 0.3) is 0 Å². The van der Waals surface area contributed by atoms with Crippen LogP contribution in [-0.2, 0) is 33.3 Å². The van der Waals surface area contributed by atoms with Crippen LogP contribution in [0.5, 0.6) is 0 Å². The third kappa shape index (κ3) is 53.1. The molecule has 0 radical (unpaired) electrons. The van der Waals surface area contributed by atoms with Gasteiger partial charge in [0.05, 0.1) is 40.3 Å². The van der Waals surface area contributed by atoms with E-state index in [2.05, 4.69) is 148 Å². The monoisotopic (exact) mass is 986 g/mol. The van der Waals surface area contributed by atoms with Crippen molar-refractivity contribution < 1.29 is 42.9 Å². The van der Waals surface area contributed by atoms with Crippen LogP contribution in [-0.4, -0.2) is 82.3 Å². The van der Waals surface area contributed by atoms with Gasteiger partial charge in [-0.15, -0.1) is 0 Å². The van der Waals surface area contributed by atoms with Gasteiger partial charge in [0.1, 0.15) is 13.2 Å². The third-order valence-corrected chi connectivity index (χ3v) is 10.9. The average Bonchev–Trinajstić information content (AvgIpc) is 3.34. The number of carboxylic acid groups (broad SMARTS) is 1. The van der Waals surface area contributed by atoms with E-state index >= 15 is 0 Å². The number of carbonyl (C=O) groups excluding carboxylic acids is 3. The second-order valence-electron chi connectivity index (χ2n) is 18.8. The summed E-state index contributed by atoms with van der Waals surface area (Å²) in [6, 6.07) is 0. The minimum atomic E-state index is -1.64. The molecular weight excluding hydrogens is 887 g/mol. The first-order valence-electron chi connectivity index (χ1n) is 27.3. The van der Waals surface area contributed by atoms with Gasteiger partial charge in [-0.1, -0.05) is 192 Å². The lowest BCUT2D eigenvalue weighted by Gasteiger charge is -2.26. The maximum Gasteiger partial charge on any atom is 0.306 e. The average molecular weight is 986 g/mol. The molecule has 0 heterocycles. The molecule has 0 rings (SSSR count). The fourth-order valence-electron chi connectivity index (χ4n) is 6.68. The van der Waals surface area contributed by atoms with Crippen molar-refractivity contribution >= 4 is 17.9 Å². The number of esters is 2. The molecule has 0 saturated carbocycles. The lowest BCUT2D eigenvalue weighted by molar-refractivity contribution is -0.870. The van der Waals surface area contributed by atoms with Crippen molar-refractivity contribution in [3.63, 3.8) is 0 Å². The second kappa shape index (κ2) is 51.8. The molecule has 0 aromatic rings. The van der Waals surface area contributed by atoms with E-state index in [4.69, 9.17) is 18.9 Å². The summed E-state index contributed by atoms with van der Waals surface area (Å²) in [5.74, 6) is -2.35. The molecule has 9 heteroatoms. The summed E-state index contributed by atoms with van der Waals surface area (Å²) in [5.41, 5.74) is 0. The molecule has 0 aliphatic rings. The summed E-state index contributed by atoms with van der Waals surface area (Å²) in [6.45, 7) is 4.49. The quantitative estimate of drug-likeness (QED) is 0.0195. The minimum absolute atomic E-state index is 0.133. The number of quaternary nitrogens is 1. The number of carbonyl (C=O) groups is 3. The Kier molecular flexibility index (Phi) is 48.4. The maximum absolute atomic E-state index is 12.8. The van der Waals surface area contributed by atoms with Gasteiger partial charge in [0.2, 0.25) is 0 Å². The molecule has 0 bridgehead atoms. The van der Waals surface area contributed by atoms with Crippen molar-refractivity contribution in [2.24, 2.45) is 0 Å². The van der Waals surface area contributed by atoms with Gasteiger partial charge in [-0.05, 0) is 109 Å². The second-order valence-corrected chi connectivity index (χ2v) is 18.8. The zero-order valence-corrected chi connectivity index (χ0v) is 45.3. The Morgan fingerprint density at radius 3 is 1.20 bits per heavy atom. The summed E-state index contributed by atoms with van der Waals surface area (Å²) < 4.78 is 22.6. The van der Waals surface area contributed by atoms with Crippen molar-refractivity contribution in [3.05, 3.63) is 134 Å². The first-order chi connectivity index (χ1) is 34.6. The normalized spacial score (nSPS) is 13.9. The number of hydrogen-bond acceptors (Lipinski definition) is 8. The van der Waals surface area contributed by atoms with Crippen molar-refractivity contribution in [2.45, 2.75) is 193 Å². The minimum Gasteiger partial charge on any atom is -0.545 e. The number of ether oxygens (including phenoxy) is 4. The molecule has 2 unspecified atom stereocenters. The molecule has 2 atom stereocenters. The number of hydrogen-bond donors (Lipinski definition) is 0. The van der Waals surface area contributed by atoms with Gasteiger partial charge in [-0.2, -0.15) is 0 Å². The third-order valence-electron chi connectivity index (χ3n) is 10.9. The SMILES string of the molecule is CC/C=C\C/C=C\C/C=C\C/C=C\C/C=C\C/C=C\C/C=C\C/C=C\C/C=C\CCCCCCCC(=O)OC(COC(=O)CCCCCCC/C=C\C/C=C\CCC)COC(OCC[N+](C)(C)C)C(=O)[O-]. The molecule has 0 aromatic carbocycles. The van der Waals surface area contributed by atoms with Crippen LogP contribution in [0.1, 0.15) is 181 Å². The van der Waals surface area contributed by atoms with Crippen molar-refractivity contribution in [1.82, 2.24) is 0 Å². The van der Waals surface area contributed by atoms with Gasteiger partial charge in [0.15, 0.2) is 12.4 Å². The largest absolute Gasteiger partial charge is 0.545 e. The van der Waals surface area contributed by atoms with Crippen LogP contribution in [0.3, 0.4) is 0 Å². The van der Waals surface area contributed by atoms with E-state index in [0.29, 0.717) is 23.9 Å². The van der Waals surface area contributed by atoms with Crippen molar-refractivity contribution in [2.75, 3.05) is 47.5 Å². The summed E-state index contributed by atoms with van der Waals surface area (Å²) in [4.78, 5) is 37.1. The highest BCUT2D eigenvalue weighted by Crippen LogP contribution is 2.12. The van der Waals surface area contributed by atoms with Crippen LogP contribution in [0.2, 0.25) is 0 Å². The van der Waals surface area contributed by atoms with Crippen molar-refractivity contribution in [3.8, 4) is 0 Å². The van der Waals surface area contributed by atoms with Gasteiger partial charge < -0.3 is 33.3 Å². The first kappa shape index (κ1) is 66.4. The van der Waals surface area contributed by atoms with Crippen LogP contribution in [0.4, 0.5) is 0 Å². The van der Waals surface area contributed by atoms with E-state index in [-0.39, 0.29) is 38.6 Å². The number of nitrogens with zero attached hydrogens (tertiary/aromatic N) is 1. The highest BCUT2D eigenvalue weighted by molar-refractivity contribution is 5.70. The molecule has 0 aliphatic heterocycles. The van der Waals surface area contributed by atoms with E-state index in [1.165, 1.54) is 6.42 Å². The molecule has 9 nitrogen and oxygen atoms in total. The Labute approximate surface area is 433 Å². The van der Waals surface area contributed by atoms with E-state index in [1.807, 2.05) is 21.1 Å². The standard InChI is InChI=1S/C62H99NO8/c1-6-8-10-12-14-16-18-20-21-22-23-24-25-26-27-28-29-30-31-32-33-34-35-36-37-38-39-41-43-45-47-49-51-53-60(65)71-58(57-70-62(61(66)67)68-55-54-63(3,4)5)56-69-59(64)52-50-48-46-44-42-40-19-17-15-13-11-9-7-2/h8,10-11,13-14,16-17,19-21,23-24,26-27,29-30,32-33,35-36,38-39,58,62H,6-7,9,12,15,18,22,25,28,31,34,37,40-57H2,1-5H3/b10-8-,13-11-,16-14-,19-17-,21-20-,24-23-,27-26-,30-29-,33-32-,36-35-,39-38-. The molecule has 0 aliphatic carbocycles. The van der Waals surface area contributed by atoms with Gasteiger partial charge in [0, 0.05) is 12.8 Å². The Morgan fingerprint density at radius 2 is 0.803 bits per heavy atom. The molecular formula is C62H99NO8. The molecule has 400 valence electrons. The summed E-state index contributed by atoms with van der Waals surface area (Å²) in [6.07, 6.45) is 70.7. The zero-order chi connectivity index (χ0) is 52.0. The lowest BCUT2D eigenvalue weighted by Crippen LogP contribution is -2.44. The van der Waals surface area contributed by atoms with Crippen LogP contribution < -0.4 is 5.11 Å². The topological polar surface area (TPSA) is 111 Å². The van der Waals surface area contributed by atoms with Crippen LogP contribution in [0, 0.1) is 0 Å². The van der Waals surface area contributed by atoms with Crippen LogP contribution in [0.25, 0.3) is 0 Å². The maximum atomic E-state index is 12.8. The number of aliphatic carboxylic acids is 1. The fourth-order valence-corrected chi connectivity index (χ4v) is 6.68. The molecule has 0 saturated heterocycles. The number of allylic oxidation sites excluding steroid dienone is 22. The smallest absolute Gasteiger partial charge is 0.306 e. The highest BCUT2D eigenvalue weighted by Gasteiger charge is 2.21. The molecule has 0 aromatic heterocycles. The van der Waals surface area contributed by atoms with Crippen molar-refractivity contribution in [1.29, 1.82) is 0 Å². The fraction of sp³-hybridized carbons (Fsp3) is 0.597. The molecule has 71 heavy (non-hydrogen) atoms. The summed E-state index contributed by atoms with van der Waals surface area (Å²) in [7, 11) is 5.89. The number of likely N-dealkylation sites (N-methyl/N-ethyl adjacent to an activating group) is 1. The van der Waals surface area contributed by atoms with Gasteiger partial charge >= 0.3 is 11.9 Å². The summed E-state index contributed by atoms with van der Waals surface area (Å²) >= 11 is 0.